The van der Waals surface area contributed by atoms with E-state index in [0.717, 1.165) is 39.0 Å². The molecule has 0 aromatic heterocycles. The van der Waals surface area contributed by atoms with Crippen LogP contribution < -0.4 is 10.6 Å². The lowest BCUT2D eigenvalue weighted by Gasteiger charge is -2.40. The quantitative estimate of drug-likeness (QED) is 0.588. The Hall–Kier alpha value is -1.22. The molecule has 0 aliphatic carbocycles. The molecule has 0 aromatic carbocycles. The van der Waals surface area contributed by atoms with Gasteiger partial charge in [0, 0.05) is 62.4 Å². The Morgan fingerprint density at radius 2 is 1.12 bits per heavy atom. The molecule has 1 saturated heterocycles. The van der Waals surface area contributed by atoms with Crippen LogP contribution in [-0.2, 0) is 19.1 Å². The molecule has 0 unspecified atom stereocenters. The average molecular weight is 457 g/mol. The number of nitrogens with one attached hydrogen (secondary N) is 2. The Kier molecular flexibility index (Phi) is 12.1. The van der Waals surface area contributed by atoms with Crippen molar-refractivity contribution in [3.63, 3.8) is 0 Å². The minimum atomic E-state index is -0.164. The third-order valence-electron chi connectivity index (χ3n) is 6.52. The molecular weight excluding hydrogens is 408 g/mol. The topological polar surface area (TPSA) is 83.1 Å². The second-order valence-electron chi connectivity index (χ2n) is 10.5. The van der Waals surface area contributed by atoms with Gasteiger partial charge in [0.05, 0.1) is 27.1 Å². The van der Waals surface area contributed by atoms with Crippen LogP contribution in [0.2, 0.25) is 0 Å². The van der Waals surface area contributed by atoms with Gasteiger partial charge in [-0.1, -0.05) is 0 Å². The number of carbonyl (C=O) groups excluding carboxylic acids is 2. The molecule has 1 rings (SSSR count). The SMILES string of the molecule is COC(=O)CCN1CCNC(C)(C)C[C@@H](C)N(CCC(=O)OC)CCNC(C)(C)C[C@H]1C. The maximum absolute atomic E-state index is 11.7. The number of nitrogens with zero attached hydrogens (tertiary/aromatic N) is 2. The van der Waals surface area contributed by atoms with Gasteiger partial charge in [-0.05, 0) is 54.4 Å². The second kappa shape index (κ2) is 13.5. The summed E-state index contributed by atoms with van der Waals surface area (Å²) >= 11 is 0. The van der Waals surface area contributed by atoms with Crippen molar-refractivity contribution in [2.45, 2.75) is 90.4 Å². The van der Waals surface area contributed by atoms with Crippen LogP contribution in [0.15, 0.2) is 0 Å². The van der Waals surface area contributed by atoms with E-state index in [1.54, 1.807) is 0 Å². The summed E-state index contributed by atoms with van der Waals surface area (Å²) in [6.07, 6.45) is 2.75. The van der Waals surface area contributed by atoms with E-state index in [1.807, 2.05) is 0 Å². The highest BCUT2D eigenvalue weighted by molar-refractivity contribution is 5.69. The van der Waals surface area contributed by atoms with Gasteiger partial charge < -0.3 is 20.1 Å². The van der Waals surface area contributed by atoms with E-state index in [1.165, 1.54) is 14.2 Å². The lowest BCUT2D eigenvalue weighted by atomic mass is 9.93. The molecule has 0 radical (unpaired) electrons. The maximum Gasteiger partial charge on any atom is 0.306 e. The van der Waals surface area contributed by atoms with Gasteiger partial charge in [0.2, 0.25) is 0 Å². The van der Waals surface area contributed by atoms with E-state index in [4.69, 9.17) is 9.47 Å². The fourth-order valence-electron chi connectivity index (χ4n) is 4.73. The molecule has 0 bridgehead atoms. The van der Waals surface area contributed by atoms with Crippen LogP contribution in [0, 0.1) is 0 Å². The number of carbonyl (C=O) groups is 2. The summed E-state index contributed by atoms with van der Waals surface area (Å²) in [5, 5.41) is 7.44. The van der Waals surface area contributed by atoms with Crippen LogP contribution in [0.25, 0.3) is 0 Å². The summed E-state index contributed by atoms with van der Waals surface area (Å²) in [4.78, 5) is 28.2. The lowest BCUT2D eigenvalue weighted by molar-refractivity contribution is -0.142. The van der Waals surface area contributed by atoms with E-state index in [-0.39, 0.29) is 23.0 Å². The van der Waals surface area contributed by atoms with Gasteiger partial charge in [0.15, 0.2) is 0 Å². The van der Waals surface area contributed by atoms with Crippen molar-refractivity contribution >= 4 is 11.9 Å². The first kappa shape index (κ1) is 28.8. The molecule has 0 saturated carbocycles. The third kappa shape index (κ3) is 11.1. The number of ether oxygens (including phenoxy) is 2. The Labute approximate surface area is 195 Å². The molecule has 0 aromatic rings. The van der Waals surface area contributed by atoms with Crippen LogP contribution in [0.1, 0.15) is 67.2 Å². The zero-order valence-electron chi connectivity index (χ0n) is 21.8. The van der Waals surface area contributed by atoms with E-state index in [9.17, 15) is 9.59 Å². The van der Waals surface area contributed by atoms with E-state index >= 15 is 0 Å². The molecule has 32 heavy (non-hydrogen) atoms. The van der Waals surface area contributed by atoms with Crippen molar-refractivity contribution in [3.8, 4) is 0 Å². The van der Waals surface area contributed by atoms with Crippen LogP contribution in [0.3, 0.4) is 0 Å². The molecule has 0 amide bonds. The first-order chi connectivity index (χ1) is 14.9. The highest BCUT2D eigenvalue weighted by atomic mass is 16.5. The van der Waals surface area contributed by atoms with Crippen molar-refractivity contribution in [1.82, 2.24) is 20.4 Å². The molecule has 1 fully saturated rings. The minimum Gasteiger partial charge on any atom is -0.469 e. The van der Waals surface area contributed by atoms with Crippen LogP contribution in [0.4, 0.5) is 0 Å². The van der Waals surface area contributed by atoms with Crippen LogP contribution >= 0.6 is 0 Å². The third-order valence-corrected chi connectivity index (χ3v) is 6.52. The van der Waals surface area contributed by atoms with E-state index in [2.05, 4.69) is 62.0 Å². The summed E-state index contributed by atoms with van der Waals surface area (Å²) in [5.41, 5.74) is -0.0893. The number of hydrogen-bond acceptors (Lipinski definition) is 8. The number of methoxy groups -OCH3 is 2. The molecule has 2 N–H and O–H groups in total. The molecular formula is C24H48N4O4. The summed E-state index contributed by atoms with van der Waals surface area (Å²) in [5.74, 6) is -0.328. The highest BCUT2D eigenvalue weighted by Gasteiger charge is 2.28. The fourth-order valence-corrected chi connectivity index (χ4v) is 4.73. The van der Waals surface area contributed by atoms with Crippen molar-refractivity contribution in [2.24, 2.45) is 0 Å². The summed E-state index contributed by atoms with van der Waals surface area (Å²) < 4.78 is 9.71. The molecule has 2 atom stereocenters. The molecule has 8 nitrogen and oxygen atoms in total. The molecule has 1 heterocycles. The predicted molar refractivity (Wildman–Crippen MR) is 129 cm³/mol. The zero-order chi connectivity index (χ0) is 24.4. The summed E-state index contributed by atoms with van der Waals surface area (Å²) in [6.45, 7) is 18.3. The fraction of sp³-hybridized carbons (Fsp3) is 0.917. The van der Waals surface area contributed by atoms with Crippen molar-refractivity contribution in [1.29, 1.82) is 0 Å². The van der Waals surface area contributed by atoms with E-state index in [0.29, 0.717) is 38.0 Å². The van der Waals surface area contributed by atoms with Gasteiger partial charge in [-0.3, -0.25) is 19.4 Å². The van der Waals surface area contributed by atoms with Gasteiger partial charge in [-0.25, -0.2) is 0 Å². The number of rotatable bonds is 6. The Morgan fingerprint density at radius 1 is 0.781 bits per heavy atom. The molecule has 1 aliphatic heterocycles. The van der Waals surface area contributed by atoms with Gasteiger partial charge in [0.25, 0.3) is 0 Å². The number of esters is 2. The van der Waals surface area contributed by atoms with Gasteiger partial charge in [-0.15, -0.1) is 0 Å². The summed E-state index contributed by atoms with van der Waals surface area (Å²) in [7, 11) is 2.89. The second-order valence-corrected chi connectivity index (χ2v) is 10.5. The molecule has 188 valence electrons. The number of hydrogen-bond donors (Lipinski definition) is 2. The van der Waals surface area contributed by atoms with Crippen molar-refractivity contribution in [3.05, 3.63) is 0 Å². The maximum atomic E-state index is 11.7. The highest BCUT2D eigenvalue weighted by Crippen LogP contribution is 2.19. The smallest absolute Gasteiger partial charge is 0.306 e. The lowest BCUT2D eigenvalue weighted by Crippen LogP contribution is -2.53. The monoisotopic (exact) mass is 456 g/mol. The van der Waals surface area contributed by atoms with Crippen molar-refractivity contribution in [2.75, 3.05) is 53.5 Å². The molecule has 8 heteroatoms. The normalized spacial score (nSPS) is 26.1. The predicted octanol–water partition coefficient (Wildman–Crippen LogP) is 2.02. The van der Waals surface area contributed by atoms with E-state index < -0.39 is 0 Å². The largest absolute Gasteiger partial charge is 0.469 e. The molecule has 1 aliphatic rings. The molecule has 0 spiro atoms. The zero-order valence-corrected chi connectivity index (χ0v) is 21.8. The Morgan fingerprint density at radius 3 is 1.44 bits per heavy atom. The van der Waals surface area contributed by atoms with Crippen LogP contribution in [-0.4, -0.2) is 98.4 Å². The standard InChI is InChI=1S/C24H48N4O4/c1-19-17-23(3,4)25-12-16-28(14-10-22(30)32-8)20(2)18-24(5,6)26-11-15-27(19)13-9-21(29)31-7/h19-20,25-26H,9-18H2,1-8H3/t19-,20-/m1/s1. The van der Waals surface area contributed by atoms with Gasteiger partial charge >= 0.3 is 11.9 Å². The van der Waals surface area contributed by atoms with Crippen LogP contribution in [0.5, 0.6) is 0 Å². The Bertz CT molecular complexity index is 532. The van der Waals surface area contributed by atoms with Gasteiger partial charge in [0.1, 0.15) is 0 Å². The van der Waals surface area contributed by atoms with Crippen molar-refractivity contribution < 1.29 is 19.1 Å². The Balaban J connectivity index is 2.93. The summed E-state index contributed by atoms with van der Waals surface area (Å²) in [6, 6.07) is 0.647. The first-order valence-electron chi connectivity index (χ1n) is 12.0. The average Bonchev–Trinajstić information content (AvgIpc) is 2.70. The van der Waals surface area contributed by atoms with Gasteiger partial charge in [-0.2, -0.15) is 0 Å². The minimum absolute atomic E-state index is 0.0446. The first-order valence-corrected chi connectivity index (χ1v) is 12.0.